The number of guanidine groups is 1. The van der Waals surface area contributed by atoms with Crippen LogP contribution in [0.15, 0.2) is 75.1 Å². The van der Waals surface area contributed by atoms with Gasteiger partial charge in [0.25, 0.3) is 0 Å². The zero-order valence-corrected chi connectivity index (χ0v) is 20.0. The summed E-state index contributed by atoms with van der Waals surface area (Å²) >= 11 is 0. The Morgan fingerprint density at radius 1 is 1.07 bits per heavy atom. The monoisotopic (exact) mass is 540 g/mol. The smallest absolute Gasteiger partial charge is 0.191 e. The Morgan fingerprint density at radius 2 is 1.77 bits per heavy atom. The maximum atomic E-state index is 11.5. The number of rotatable bonds is 7. The Balaban J connectivity index is 0.00000320. The number of nitrogens with zero attached hydrogens (tertiary/aromatic N) is 2. The predicted octanol–water partition coefficient (Wildman–Crippen LogP) is 3.27. The van der Waals surface area contributed by atoms with E-state index in [4.69, 9.17) is 4.52 Å². The second-order valence-corrected chi connectivity index (χ2v) is 8.58. The maximum Gasteiger partial charge on any atom is 0.191 e. The summed E-state index contributed by atoms with van der Waals surface area (Å²) in [6.45, 7) is 1.14. The van der Waals surface area contributed by atoms with Crippen molar-refractivity contribution in [3.8, 4) is 11.3 Å². The van der Waals surface area contributed by atoms with E-state index in [1.54, 1.807) is 19.2 Å². The molecule has 0 radical (unpaired) electrons. The number of hydrogen-bond acceptors (Lipinski definition) is 5. The van der Waals surface area contributed by atoms with Gasteiger partial charge in [-0.05, 0) is 24.1 Å². The van der Waals surface area contributed by atoms with Gasteiger partial charge in [-0.25, -0.2) is 8.42 Å². The van der Waals surface area contributed by atoms with Crippen molar-refractivity contribution >= 4 is 39.8 Å². The molecule has 0 aliphatic heterocycles. The summed E-state index contributed by atoms with van der Waals surface area (Å²) in [5.41, 5.74) is 2.81. The highest BCUT2D eigenvalue weighted by molar-refractivity contribution is 14.0. The van der Waals surface area contributed by atoms with E-state index in [0.29, 0.717) is 23.9 Å². The largest absolute Gasteiger partial charge is 0.356 e. The molecule has 3 rings (SSSR count). The molecule has 7 nitrogen and oxygen atoms in total. The Hall–Kier alpha value is -2.40. The van der Waals surface area contributed by atoms with Crippen molar-refractivity contribution in [1.82, 2.24) is 15.8 Å². The minimum Gasteiger partial charge on any atom is -0.356 e. The average molecular weight is 540 g/mol. The van der Waals surface area contributed by atoms with Crippen LogP contribution in [0.5, 0.6) is 0 Å². The lowest BCUT2D eigenvalue weighted by Gasteiger charge is -2.11. The quantitative estimate of drug-likeness (QED) is 0.271. The standard InChI is InChI=1S/C21H24N4O3S.HI/c1-22-21(23-13-12-16-8-10-19(11-9-16)29(2,26)27)24-15-18-14-20(28-25-18)17-6-4-3-5-7-17;/h3-11,14H,12-13,15H2,1-2H3,(H2,22,23,24);1H. The zero-order chi connectivity index (χ0) is 20.7. The Morgan fingerprint density at radius 3 is 2.40 bits per heavy atom. The lowest BCUT2D eigenvalue weighted by Crippen LogP contribution is -2.37. The lowest BCUT2D eigenvalue weighted by molar-refractivity contribution is 0.422. The number of benzene rings is 2. The van der Waals surface area contributed by atoms with Gasteiger partial charge in [0.2, 0.25) is 0 Å². The maximum absolute atomic E-state index is 11.5. The summed E-state index contributed by atoms with van der Waals surface area (Å²) in [6.07, 6.45) is 1.95. The third kappa shape index (κ3) is 6.84. The summed E-state index contributed by atoms with van der Waals surface area (Å²) in [7, 11) is -1.46. The normalized spacial score (nSPS) is 11.6. The van der Waals surface area contributed by atoms with Crippen LogP contribution in [-0.2, 0) is 22.8 Å². The van der Waals surface area contributed by atoms with Crippen LogP contribution in [0.3, 0.4) is 0 Å². The highest BCUT2D eigenvalue weighted by Crippen LogP contribution is 2.19. The number of aromatic nitrogens is 1. The first-order valence-electron chi connectivity index (χ1n) is 9.20. The van der Waals surface area contributed by atoms with Gasteiger partial charge in [0.05, 0.1) is 11.4 Å². The zero-order valence-electron chi connectivity index (χ0n) is 16.8. The Bertz CT molecular complexity index is 1070. The van der Waals surface area contributed by atoms with Gasteiger partial charge in [-0.1, -0.05) is 47.6 Å². The highest BCUT2D eigenvalue weighted by atomic mass is 127. The van der Waals surface area contributed by atoms with Crippen LogP contribution >= 0.6 is 24.0 Å². The van der Waals surface area contributed by atoms with Crippen LogP contribution in [0.1, 0.15) is 11.3 Å². The predicted molar refractivity (Wildman–Crippen MR) is 129 cm³/mol. The molecule has 0 unspecified atom stereocenters. The minimum atomic E-state index is -3.17. The van der Waals surface area contributed by atoms with Crippen molar-refractivity contribution in [1.29, 1.82) is 0 Å². The average Bonchev–Trinajstić information content (AvgIpc) is 3.20. The van der Waals surface area contributed by atoms with Gasteiger partial charge in [-0.15, -0.1) is 24.0 Å². The van der Waals surface area contributed by atoms with Crippen LogP contribution in [0.4, 0.5) is 0 Å². The van der Waals surface area contributed by atoms with Crippen molar-refractivity contribution in [2.24, 2.45) is 4.99 Å². The van der Waals surface area contributed by atoms with Crippen molar-refractivity contribution in [2.75, 3.05) is 19.8 Å². The molecule has 0 spiro atoms. The van der Waals surface area contributed by atoms with Gasteiger partial charge in [0.15, 0.2) is 21.6 Å². The second kappa shape index (κ2) is 11.1. The summed E-state index contributed by atoms with van der Waals surface area (Å²) in [6, 6.07) is 18.6. The van der Waals surface area contributed by atoms with Crippen LogP contribution in [0.25, 0.3) is 11.3 Å². The second-order valence-electron chi connectivity index (χ2n) is 6.57. The number of sulfone groups is 1. The topological polar surface area (TPSA) is 96.6 Å². The molecule has 3 aromatic rings. The van der Waals surface area contributed by atoms with E-state index in [9.17, 15) is 8.42 Å². The van der Waals surface area contributed by atoms with Gasteiger partial charge < -0.3 is 15.2 Å². The first-order chi connectivity index (χ1) is 14.0. The molecule has 0 fully saturated rings. The fourth-order valence-electron chi connectivity index (χ4n) is 2.76. The van der Waals surface area contributed by atoms with Crippen molar-refractivity contribution < 1.29 is 12.9 Å². The van der Waals surface area contributed by atoms with Crippen molar-refractivity contribution in [2.45, 2.75) is 17.9 Å². The molecule has 2 aromatic carbocycles. The molecule has 30 heavy (non-hydrogen) atoms. The highest BCUT2D eigenvalue weighted by Gasteiger charge is 2.08. The molecule has 0 atom stereocenters. The number of aliphatic imine (C=N–C) groups is 1. The molecule has 0 aliphatic carbocycles. The molecule has 2 N–H and O–H groups in total. The van der Waals surface area contributed by atoms with E-state index in [1.807, 2.05) is 48.5 Å². The molecule has 1 heterocycles. The van der Waals surface area contributed by atoms with Crippen LogP contribution in [-0.4, -0.2) is 39.4 Å². The Kier molecular flexibility index (Phi) is 8.85. The minimum absolute atomic E-state index is 0. The van der Waals surface area contributed by atoms with Crippen LogP contribution in [0.2, 0.25) is 0 Å². The van der Waals surface area contributed by atoms with Gasteiger partial charge in [0, 0.05) is 31.5 Å². The molecular weight excluding hydrogens is 515 g/mol. The lowest BCUT2D eigenvalue weighted by atomic mass is 10.1. The summed E-state index contributed by atoms with van der Waals surface area (Å²) in [5.74, 6) is 1.38. The molecular formula is C21H25IN4O3S. The molecule has 0 saturated carbocycles. The van der Waals surface area contributed by atoms with E-state index >= 15 is 0 Å². The molecule has 0 saturated heterocycles. The SMILES string of the molecule is CN=C(NCCc1ccc(S(C)(=O)=O)cc1)NCc1cc(-c2ccccc2)on1.I. The van der Waals surface area contributed by atoms with Crippen LogP contribution < -0.4 is 10.6 Å². The number of halogens is 1. The van der Waals surface area contributed by atoms with E-state index in [-0.39, 0.29) is 24.0 Å². The van der Waals surface area contributed by atoms with Crippen molar-refractivity contribution in [3.63, 3.8) is 0 Å². The van der Waals surface area contributed by atoms with E-state index in [2.05, 4.69) is 20.8 Å². The summed E-state index contributed by atoms with van der Waals surface area (Å²) in [5, 5.41) is 10.5. The molecule has 9 heteroatoms. The molecule has 160 valence electrons. The molecule has 0 amide bonds. The van der Waals surface area contributed by atoms with E-state index < -0.39 is 9.84 Å². The van der Waals surface area contributed by atoms with Crippen LogP contribution in [0, 0.1) is 0 Å². The molecule has 1 aromatic heterocycles. The Labute approximate surface area is 193 Å². The van der Waals surface area contributed by atoms with E-state index in [1.165, 1.54) is 6.26 Å². The fourth-order valence-corrected chi connectivity index (χ4v) is 3.39. The van der Waals surface area contributed by atoms with Crippen molar-refractivity contribution in [3.05, 3.63) is 71.9 Å². The first-order valence-corrected chi connectivity index (χ1v) is 11.1. The van der Waals surface area contributed by atoms with E-state index in [0.717, 1.165) is 29.0 Å². The summed E-state index contributed by atoms with van der Waals surface area (Å²) < 4.78 is 28.4. The molecule has 0 aliphatic rings. The van der Waals surface area contributed by atoms with Gasteiger partial charge >= 0.3 is 0 Å². The third-order valence-corrected chi connectivity index (χ3v) is 5.46. The van der Waals surface area contributed by atoms with Gasteiger partial charge in [-0.3, -0.25) is 4.99 Å². The molecule has 0 bridgehead atoms. The third-order valence-electron chi connectivity index (χ3n) is 4.34. The number of nitrogens with one attached hydrogen (secondary N) is 2. The summed E-state index contributed by atoms with van der Waals surface area (Å²) in [4.78, 5) is 4.53. The first kappa shape index (κ1) is 23.9. The fraction of sp³-hybridized carbons (Fsp3) is 0.238. The number of hydrogen-bond donors (Lipinski definition) is 2. The van der Waals surface area contributed by atoms with Gasteiger partial charge in [-0.2, -0.15) is 0 Å². The van der Waals surface area contributed by atoms with Gasteiger partial charge in [0.1, 0.15) is 5.69 Å².